The maximum Gasteiger partial charge on any atom is 0.235 e. The highest BCUT2D eigenvalue weighted by atomic mass is 15.2. The normalized spacial score (nSPS) is 12.2. The van der Waals surface area contributed by atoms with Crippen molar-refractivity contribution in [1.29, 1.82) is 0 Å². The van der Waals surface area contributed by atoms with Gasteiger partial charge in [0, 0.05) is 43.3 Å². The van der Waals surface area contributed by atoms with Gasteiger partial charge in [0.1, 0.15) is 0 Å². The van der Waals surface area contributed by atoms with Crippen LogP contribution in [0.3, 0.4) is 0 Å². The Kier molecular flexibility index (Phi) is 5.47. The van der Waals surface area contributed by atoms with Crippen molar-refractivity contribution in [3.63, 3.8) is 0 Å². The lowest BCUT2D eigenvalue weighted by Gasteiger charge is -2.12. The molecule has 4 aromatic heterocycles. The van der Waals surface area contributed by atoms with Crippen LogP contribution in [0.5, 0.6) is 0 Å². The second-order valence-corrected chi connectivity index (χ2v) is 13.8. The standard InChI is InChI=1S/C48H28N4/c1-2-12-29(13-3-1)30-22-24-31(25-23-30)46-34-16-6-9-19-39(34)49-48(50-46)52-41-21-11-7-17-35(41)44-43(52)28-38-37-26-32-14-4-5-15-33(32)27-42(37)51-40-20-10-8-18-36(40)45(44)47(38)51/h1-28H. The van der Waals surface area contributed by atoms with Gasteiger partial charge in [0.05, 0.1) is 38.8 Å². The van der Waals surface area contributed by atoms with E-state index in [4.69, 9.17) is 9.97 Å². The van der Waals surface area contributed by atoms with Crippen LogP contribution in [0.25, 0.3) is 110 Å². The van der Waals surface area contributed by atoms with Gasteiger partial charge in [0.2, 0.25) is 5.95 Å². The molecular formula is C48H28N4. The van der Waals surface area contributed by atoms with Crippen molar-refractivity contribution < 1.29 is 0 Å². The van der Waals surface area contributed by atoms with E-state index in [0.29, 0.717) is 5.95 Å². The molecule has 0 unspecified atom stereocenters. The minimum absolute atomic E-state index is 0.666. The van der Waals surface area contributed by atoms with E-state index in [1.165, 1.54) is 70.8 Å². The van der Waals surface area contributed by atoms with E-state index in [-0.39, 0.29) is 0 Å². The summed E-state index contributed by atoms with van der Waals surface area (Å²) in [5.41, 5.74) is 11.2. The quantitative estimate of drug-likeness (QED) is 0.189. The first kappa shape index (κ1) is 27.7. The summed E-state index contributed by atoms with van der Waals surface area (Å²) in [7, 11) is 0. The van der Waals surface area contributed by atoms with Crippen LogP contribution in [0, 0.1) is 0 Å². The monoisotopic (exact) mass is 660 g/mol. The predicted octanol–water partition coefficient (Wildman–Crippen LogP) is 12.4. The second-order valence-electron chi connectivity index (χ2n) is 13.8. The van der Waals surface area contributed by atoms with Gasteiger partial charge in [-0.2, -0.15) is 0 Å². The Bertz CT molecular complexity index is 3390. The zero-order valence-corrected chi connectivity index (χ0v) is 28.0. The van der Waals surface area contributed by atoms with Crippen molar-refractivity contribution in [2.75, 3.05) is 0 Å². The third-order valence-corrected chi connectivity index (χ3v) is 11.0. The van der Waals surface area contributed by atoms with Crippen molar-refractivity contribution in [2.45, 2.75) is 0 Å². The molecule has 0 aliphatic heterocycles. The van der Waals surface area contributed by atoms with Gasteiger partial charge in [-0.05, 0) is 58.3 Å². The molecule has 0 atom stereocenters. The van der Waals surface area contributed by atoms with E-state index in [0.717, 1.165) is 33.2 Å². The molecule has 4 heteroatoms. The number of benzene rings is 8. The molecule has 0 aliphatic rings. The molecule has 12 aromatic rings. The lowest BCUT2D eigenvalue weighted by Crippen LogP contribution is -2.03. The highest BCUT2D eigenvalue weighted by Crippen LogP contribution is 2.47. The molecule has 0 saturated heterocycles. The third-order valence-electron chi connectivity index (χ3n) is 11.0. The smallest absolute Gasteiger partial charge is 0.235 e. The summed E-state index contributed by atoms with van der Waals surface area (Å²) in [6.07, 6.45) is 0. The molecule has 0 spiro atoms. The molecule has 0 N–H and O–H groups in total. The van der Waals surface area contributed by atoms with Crippen LogP contribution in [0.2, 0.25) is 0 Å². The summed E-state index contributed by atoms with van der Waals surface area (Å²) >= 11 is 0. The maximum absolute atomic E-state index is 5.45. The van der Waals surface area contributed by atoms with Gasteiger partial charge in [-0.25, -0.2) is 9.97 Å². The molecule has 0 bridgehead atoms. The third kappa shape index (κ3) is 3.70. The van der Waals surface area contributed by atoms with E-state index in [1.54, 1.807) is 0 Å². The maximum atomic E-state index is 5.45. The van der Waals surface area contributed by atoms with Gasteiger partial charge in [0.25, 0.3) is 0 Å². The van der Waals surface area contributed by atoms with Gasteiger partial charge < -0.3 is 4.40 Å². The van der Waals surface area contributed by atoms with Gasteiger partial charge >= 0.3 is 0 Å². The average Bonchev–Trinajstić information content (AvgIpc) is 3.84. The number of nitrogens with zero attached hydrogens (tertiary/aromatic N) is 4. The Hall–Kier alpha value is -7.04. The van der Waals surface area contributed by atoms with Gasteiger partial charge in [0.15, 0.2) is 0 Å². The Morgan fingerprint density at radius 3 is 1.79 bits per heavy atom. The summed E-state index contributed by atoms with van der Waals surface area (Å²) in [6, 6.07) is 61.0. The van der Waals surface area contributed by atoms with Gasteiger partial charge in [-0.15, -0.1) is 0 Å². The zero-order valence-electron chi connectivity index (χ0n) is 28.0. The molecular weight excluding hydrogens is 633 g/mol. The van der Waals surface area contributed by atoms with E-state index in [9.17, 15) is 0 Å². The molecule has 0 aliphatic carbocycles. The molecule has 0 radical (unpaired) electrons. The lowest BCUT2D eigenvalue weighted by atomic mass is 10.0. The van der Waals surface area contributed by atoms with E-state index < -0.39 is 0 Å². The number of hydrogen-bond donors (Lipinski definition) is 0. The Balaban J connectivity index is 1.21. The van der Waals surface area contributed by atoms with E-state index in [2.05, 4.69) is 179 Å². The number of fused-ring (bicyclic) bond motifs is 12. The highest BCUT2D eigenvalue weighted by molar-refractivity contribution is 6.36. The van der Waals surface area contributed by atoms with Crippen molar-refractivity contribution in [1.82, 2.24) is 18.9 Å². The molecule has 8 aromatic carbocycles. The molecule has 0 amide bonds. The minimum atomic E-state index is 0.666. The average molecular weight is 661 g/mol. The van der Waals surface area contributed by atoms with Crippen molar-refractivity contribution in [3.8, 4) is 28.3 Å². The molecule has 240 valence electrons. The fourth-order valence-corrected chi connectivity index (χ4v) is 8.75. The molecule has 52 heavy (non-hydrogen) atoms. The number of hydrogen-bond acceptors (Lipinski definition) is 2. The molecule has 0 fully saturated rings. The summed E-state index contributed by atoms with van der Waals surface area (Å²) < 4.78 is 4.77. The fourth-order valence-electron chi connectivity index (χ4n) is 8.75. The number of rotatable bonds is 3. The van der Waals surface area contributed by atoms with Gasteiger partial charge in [-0.1, -0.05) is 133 Å². The first-order valence-corrected chi connectivity index (χ1v) is 17.8. The van der Waals surface area contributed by atoms with Crippen molar-refractivity contribution >= 4 is 81.6 Å². The van der Waals surface area contributed by atoms with Crippen LogP contribution in [-0.4, -0.2) is 18.9 Å². The first-order valence-electron chi connectivity index (χ1n) is 17.8. The Morgan fingerprint density at radius 1 is 0.365 bits per heavy atom. The molecule has 12 rings (SSSR count). The fraction of sp³-hybridized carbons (Fsp3) is 0. The zero-order chi connectivity index (χ0) is 33.9. The van der Waals surface area contributed by atoms with E-state index >= 15 is 0 Å². The molecule has 0 saturated carbocycles. The first-order chi connectivity index (χ1) is 25.8. The SMILES string of the molecule is c1ccc(-c2ccc(-c3nc(-n4c5ccccc5c5c6c7ccccc7n7c8cc9ccccc9cc8c(cc54)c67)nc4ccccc34)cc2)cc1. The van der Waals surface area contributed by atoms with Crippen molar-refractivity contribution in [2.24, 2.45) is 0 Å². The Morgan fingerprint density at radius 2 is 0.981 bits per heavy atom. The lowest BCUT2D eigenvalue weighted by molar-refractivity contribution is 1.01. The molecule has 4 nitrogen and oxygen atoms in total. The predicted molar refractivity (Wildman–Crippen MR) is 217 cm³/mol. The van der Waals surface area contributed by atoms with Crippen LogP contribution in [0.4, 0.5) is 0 Å². The molecule has 4 heterocycles. The summed E-state index contributed by atoms with van der Waals surface area (Å²) in [5, 5.41) is 11.0. The number of aromatic nitrogens is 4. The summed E-state index contributed by atoms with van der Waals surface area (Å²) in [4.78, 5) is 10.7. The topological polar surface area (TPSA) is 35.1 Å². The second kappa shape index (κ2) is 10.3. The van der Waals surface area contributed by atoms with Crippen molar-refractivity contribution in [3.05, 3.63) is 170 Å². The number of para-hydroxylation sites is 3. The largest absolute Gasteiger partial charge is 0.308 e. The van der Waals surface area contributed by atoms with Crippen LogP contribution < -0.4 is 0 Å². The van der Waals surface area contributed by atoms with Crippen LogP contribution in [0.1, 0.15) is 0 Å². The van der Waals surface area contributed by atoms with Crippen LogP contribution >= 0.6 is 0 Å². The highest BCUT2D eigenvalue weighted by Gasteiger charge is 2.25. The van der Waals surface area contributed by atoms with Gasteiger partial charge in [-0.3, -0.25) is 4.57 Å². The Labute approximate surface area is 297 Å². The summed E-state index contributed by atoms with van der Waals surface area (Å²) in [6.45, 7) is 0. The summed E-state index contributed by atoms with van der Waals surface area (Å²) in [5.74, 6) is 0.666. The minimum Gasteiger partial charge on any atom is -0.308 e. The van der Waals surface area contributed by atoms with E-state index in [1.807, 2.05) is 0 Å². The van der Waals surface area contributed by atoms with Crippen LogP contribution in [-0.2, 0) is 0 Å². The van der Waals surface area contributed by atoms with Crippen LogP contribution in [0.15, 0.2) is 170 Å².